The monoisotopic (exact) mass is 348 g/mol. The highest BCUT2D eigenvalue weighted by Crippen LogP contribution is 2.30. The van der Waals surface area contributed by atoms with E-state index in [0.717, 1.165) is 13.0 Å². The van der Waals surface area contributed by atoms with E-state index in [1.807, 2.05) is 0 Å². The summed E-state index contributed by atoms with van der Waals surface area (Å²) in [6.45, 7) is 1.53. The van der Waals surface area contributed by atoms with E-state index in [1.54, 1.807) is 25.2 Å². The van der Waals surface area contributed by atoms with Gasteiger partial charge in [-0.2, -0.15) is 4.31 Å². The number of ether oxygens (including phenoxy) is 1. The van der Waals surface area contributed by atoms with Gasteiger partial charge in [-0.25, -0.2) is 8.42 Å². The van der Waals surface area contributed by atoms with E-state index >= 15 is 0 Å². The minimum atomic E-state index is -3.55. The molecule has 1 heterocycles. The van der Waals surface area contributed by atoms with Gasteiger partial charge in [-0.3, -0.25) is 0 Å². The summed E-state index contributed by atoms with van der Waals surface area (Å²) in [7, 11) is -0.459. The van der Waals surface area contributed by atoms with Gasteiger partial charge in [0, 0.05) is 24.1 Å². The van der Waals surface area contributed by atoms with E-state index in [4.69, 9.17) is 4.74 Å². The van der Waals surface area contributed by atoms with Gasteiger partial charge in [-0.1, -0.05) is 15.9 Å². The Morgan fingerprint density at radius 3 is 2.79 bits per heavy atom. The van der Waals surface area contributed by atoms with Crippen molar-refractivity contribution >= 4 is 26.0 Å². The molecule has 0 saturated carbocycles. The lowest BCUT2D eigenvalue weighted by atomic mass is 10.3. The Morgan fingerprint density at radius 2 is 2.21 bits per heavy atom. The number of methoxy groups -OCH3 is 1. The molecule has 0 bridgehead atoms. The first-order chi connectivity index (χ1) is 8.96. The number of halogens is 1. The molecule has 5 nitrogen and oxygen atoms in total. The van der Waals surface area contributed by atoms with Crippen LogP contribution in [0.2, 0.25) is 0 Å². The average molecular weight is 349 g/mol. The summed E-state index contributed by atoms with van der Waals surface area (Å²) in [4.78, 5) is 0.193. The normalized spacial score (nSPS) is 19.9. The highest BCUT2D eigenvalue weighted by Gasteiger charge is 2.32. The van der Waals surface area contributed by atoms with Gasteiger partial charge in [0.2, 0.25) is 10.0 Å². The zero-order valence-electron chi connectivity index (χ0n) is 10.9. The maximum atomic E-state index is 12.6. The highest BCUT2D eigenvalue weighted by atomic mass is 79.9. The van der Waals surface area contributed by atoms with Crippen LogP contribution < -0.4 is 10.1 Å². The van der Waals surface area contributed by atoms with Gasteiger partial charge >= 0.3 is 0 Å². The molecule has 7 heteroatoms. The summed E-state index contributed by atoms with van der Waals surface area (Å²) in [6.07, 6.45) is 0.825. The molecule has 1 atom stereocenters. The van der Waals surface area contributed by atoms with Crippen molar-refractivity contribution < 1.29 is 13.2 Å². The number of rotatable bonds is 4. The molecule has 1 aliphatic heterocycles. The predicted octanol–water partition coefficient (Wildman–Crippen LogP) is 1.44. The zero-order valence-corrected chi connectivity index (χ0v) is 13.3. The van der Waals surface area contributed by atoms with E-state index in [0.29, 0.717) is 16.8 Å². The minimum Gasteiger partial charge on any atom is -0.495 e. The lowest BCUT2D eigenvalue weighted by Gasteiger charge is -2.24. The molecule has 0 radical (unpaired) electrons. The van der Waals surface area contributed by atoms with Crippen molar-refractivity contribution in [3.8, 4) is 5.75 Å². The number of nitrogens with zero attached hydrogens (tertiary/aromatic N) is 1. The molecule has 0 aromatic heterocycles. The lowest BCUT2D eigenvalue weighted by molar-refractivity contribution is 0.376. The van der Waals surface area contributed by atoms with Gasteiger partial charge in [0.25, 0.3) is 0 Å². The minimum absolute atomic E-state index is 0.00584. The maximum absolute atomic E-state index is 12.6. The molecule has 2 rings (SSSR count). The van der Waals surface area contributed by atoms with Gasteiger partial charge in [0.1, 0.15) is 10.6 Å². The Hall–Kier alpha value is -0.630. The van der Waals surface area contributed by atoms with Crippen LogP contribution in [0.1, 0.15) is 6.42 Å². The molecule has 0 unspecified atom stereocenters. The second-order valence-electron chi connectivity index (χ2n) is 4.46. The summed E-state index contributed by atoms with van der Waals surface area (Å²) in [5, 5.41) is 3.17. The number of hydrogen-bond acceptors (Lipinski definition) is 4. The fourth-order valence-electron chi connectivity index (χ4n) is 2.15. The Balaban J connectivity index is 2.40. The third-order valence-electron chi connectivity index (χ3n) is 3.33. The Bertz CT molecular complexity index is 556. The molecule has 19 heavy (non-hydrogen) atoms. The molecule has 106 valence electrons. The quantitative estimate of drug-likeness (QED) is 0.894. The van der Waals surface area contributed by atoms with Crippen molar-refractivity contribution in [1.29, 1.82) is 0 Å². The van der Waals surface area contributed by atoms with Crippen LogP contribution in [0.5, 0.6) is 5.75 Å². The van der Waals surface area contributed by atoms with Crippen LogP contribution >= 0.6 is 15.9 Å². The number of likely N-dealkylation sites (N-methyl/N-ethyl adjacent to an activating group) is 1. The van der Waals surface area contributed by atoms with Crippen molar-refractivity contribution in [3.63, 3.8) is 0 Å². The fourth-order valence-corrected chi connectivity index (χ4v) is 4.23. The first-order valence-corrected chi connectivity index (χ1v) is 8.22. The van der Waals surface area contributed by atoms with E-state index in [1.165, 1.54) is 11.4 Å². The predicted molar refractivity (Wildman–Crippen MR) is 76.9 cm³/mol. The summed E-state index contributed by atoms with van der Waals surface area (Å²) >= 11 is 3.30. The molecule has 0 aliphatic carbocycles. The van der Waals surface area contributed by atoms with E-state index in [2.05, 4.69) is 21.2 Å². The molecular formula is C12H17BrN2O3S. The third kappa shape index (κ3) is 2.94. The molecule has 1 aromatic rings. The molecule has 1 aromatic carbocycles. The van der Waals surface area contributed by atoms with Crippen LogP contribution in [-0.2, 0) is 10.0 Å². The Kier molecular flexibility index (Phi) is 4.50. The van der Waals surface area contributed by atoms with Crippen LogP contribution in [0.15, 0.2) is 27.6 Å². The molecule has 0 amide bonds. The largest absolute Gasteiger partial charge is 0.495 e. The molecule has 1 saturated heterocycles. The maximum Gasteiger partial charge on any atom is 0.246 e. The molecule has 0 spiro atoms. The number of nitrogens with one attached hydrogen (secondary N) is 1. The van der Waals surface area contributed by atoms with Crippen LogP contribution in [0, 0.1) is 0 Å². The van der Waals surface area contributed by atoms with Crippen LogP contribution in [0.3, 0.4) is 0 Å². The van der Waals surface area contributed by atoms with Crippen molar-refractivity contribution in [2.75, 3.05) is 27.2 Å². The van der Waals surface area contributed by atoms with Gasteiger partial charge in [0.15, 0.2) is 0 Å². The summed E-state index contributed by atoms with van der Waals surface area (Å²) in [6, 6.07) is 4.98. The Labute approximate surface area is 122 Å². The average Bonchev–Trinajstić information content (AvgIpc) is 2.91. The number of benzene rings is 1. The van der Waals surface area contributed by atoms with Crippen LogP contribution in [-0.4, -0.2) is 46.0 Å². The topological polar surface area (TPSA) is 58.6 Å². The summed E-state index contributed by atoms with van der Waals surface area (Å²) < 4.78 is 32.6. The van der Waals surface area contributed by atoms with Gasteiger partial charge in [-0.15, -0.1) is 0 Å². The van der Waals surface area contributed by atoms with Gasteiger partial charge < -0.3 is 10.1 Å². The van der Waals surface area contributed by atoms with Crippen molar-refractivity contribution in [2.24, 2.45) is 0 Å². The SMILES string of the molecule is COc1ccc(Br)cc1S(=O)(=O)N(C)[C@H]1CCNC1. The number of sulfonamides is 1. The second-order valence-corrected chi connectivity index (χ2v) is 7.34. The van der Waals surface area contributed by atoms with Crippen LogP contribution in [0.25, 0.3) is 0 Å². The number of hydrogen-bond donors (Lipinski definition) is 1. The summed E-state index contributed by atoms with van der Waals surface area (Å²) in [5.41, 5.74) is 0. The second kappa shape index (κ2) is 5.78. The molecular weight excluding hydrogens is 332 g/mol. The first kappa shape index (κ1) is 14.8. The van der Waals surface area contributed by atoms with E-state index < -0.39 is 10.0 Å². The molecule has 1 N–H and O–H groups in total. The Morgan fingerprint density at radius 1 is 1.47 bits per heavy atom. The van der Waals surface area contributed by atoms with Crippen LogP contribution in [0.4, 0.5) is 0 Å². The van der Waals surface area contributed by atoms with Crippen molar-refractivity contribution in [1.82, 2.24) is 9.62 Å². The lowest BCUT2D eigenvalue weighted by Crippen LogP contribution is -2.38. The highest BCUT2D eigenvalue weighted by molar-refractivity contribution is 9.10. The fraction of sp³-hybridized carbons (Fsp3) is 0.500. The molecule has 1 aliphatic rings. The summed E-state index contributed by atoms with van der Waals surface area (Å²) in [5.74, 6) is 0.362. The standard InChI is InChI=1S/C12H17BrN2O3S/c1-15(10-5-6-14-8-10)19(16,17)12-7-9(13)3-4-11(12)18-2/h3-4,7,10,14H,5-6,8H2,1-2H3/t10-/m0/s1. The van der Waals surface area contributed by atoms with Crippen molar-refractivity contribution in [3.05, 3.63) is 22.7 Å². The molecule has 1 fully saturated rings. The van der Waals surface area contributed by atoms with Crippen molar-refractivity contribution in [2.45, 2.75) is 17.4 Å². The van der Waals surface area contributed by atoms with Gasteiger partial charge in [-0.05, 0) is 31.2 Å². The van der Waals surface area contributed by atoms with E-state index in [-0.39, 0.29) is 10.9 Å². The van der Waals surface area contributed by atoms with Gasteiger partial charge in [0.05, 0.1) is 7.11 Å². The smallest absolute Gasteiger partial charge is 0.246 e. The zero-order chi connectivity index (χ0) is 14.0. The van der Waals surface area contributed by atoms with E-state index in [9.17, 15) is 8.42 Å². The first-order valence-electron chi connectivity index (χ1n) is 5.99. The third-order valence-corrected chi connectivity index (χ3v) is 5.76.